The number of halogens is 2. The van der Waals surface area contributed by atoms with Crippen LogP contribution in [0.1, 0.15) is 25.8 Å². The monoisotopic (exact) mass is 214 g/mol. The summed E-state index contributed by atoms with van der Waals surface area (Å²) in [7, 11) is 0. The Morgan fingerprint density at radius 1 is 1.20 bits per heavy atom. The minimum absolute atomic E-state index is 0.585. The third-order valence-corrected chi connectivity index (χ3v) is 2.27. The standard InChI is InChI=1S/C12H16F2O/c1-12(2,15-11(13)14)9-8-10-6-4-3-5-7-10/h3-7,11H,8-9H2,1-2H3. The molecule has 0 unspecified atom stereocenters. The van der Waals surface area contributed by atoms with E-state index in [1.54, 1.807) is 13.8 Å². The van der Waals surface area contributed by atoms with E-state index in [4.69, 9.17) is 0 Å². The van der Waals surface area contributed by atoms with Gasteiger partial charge >= 0.3 is 6.61 Å². The quantitative estimate of drug-likeness (QED) is 0.727. The lowest BCUT2D eigenvalue weighted by Crippen LogP contribution is -2.27. The van der Waals surface area contributed by atoms with E-state index in [0.717, 1.165) is 12.0 Å². The van der Waals surface area contributed by atoms with Gasteiger partial charge in [0.2, 0.25) is 0 Å². The Hall–Kier alpha value is -0.960. The smallest absolute Gasteiger partial charge is 0.317 e. The zero-order chi connectivity index (χ0) is 11.3. The molecule has 0 saturated heterocycles. The Balaban J connectivity index is 2.42. The summed E-state index contributed by atoms with van der Waals surface area (Å²) in [6.45, 7) is 0.667. The van der Waals surface area contributed by atoms with E-state index in [9.17, 15) is 8.78 Å². The fourth-order valence-electron chi connectivity index (χ4n) is 1.39. The molecule has 0 saturated carbocycles. The fourth-order valence-corrected chi connectivity index (χ4v) is 1.39. The van der Waals surface area contributed by atoms with E-state index in [-0.39, 0.29) is 0 Å². The first kappa shape index (κ1) is 12.1. The van der Waals surface area contributed by atoms with Crippen LogP contribution in [0.15, 0.2) is 30.3 Å². The maximum atomic E-state index is 12.0. The zero-order valence-electron chi connectivity index (χ0n) is 9.04. The third-order valence-electron chi connectivity index (χ3n) is 2.27. The average Bonchev–Trinajstić information content (AvgIpc) is 2.15. The maximum absolute atomic E-state index is 12.0. The van der Waals surface area contributed by atoms with Crippen molar-refractivity contribution in [3.05, 3.63) is 35.9 Å². The van der Waals surface area contributed by atoms with Crippen LogP contribution in [-0.4, -0.2) is 12.2 Å². The molecule has 1 nitrogen and oxygen atoms in total. The van der Waals surface area contributed by atoms with Crippen molar-refractivity contribution in [1.82, 2.24) is 0 Å². The predicted octanol–water partition coefficient (Wildman–Crippen LogP) is 3.64. The topological polar surface area (TPSA) is 9.23 Å². The van der Waals surface area contributed by atoms with E-state index >= 15 is 0 Å². The molecule has 0 N–H and O–H groups in total. The highest BCUT2D eigenvalue weighted by atomic mass is 19.3. The molecule has 0 radical (unpaired) electrons. The number of ether oxygens (including phenoxy) is 1. The van der Waals surface area contributed by atoms with Gasteiger partial charge in [-0.1, -0.05) is 30.3 Å². The second-order valence-electron chi connectivity index (χ2n) is 4.12. The molecule has 1 rings (SSSR count). The summed E-state index contributed by atoms with van der Waals surface area (Å²) in [6.07, 6.45) is 1.34. The largest absolute Gasteiger partial charge is 0.345 e. The molecule has 0 spiro atoms. The Bertz CT molecular complexity index is 283. The first-order valence-corrected chi connectivity index (χ1v) is 4.99. The van der Waals surface area contributed by atoms with Crippen molar-refractivity contribution < 1.29 is 13.5 Å². The van der Waals surface area contributed by atoms with E-state index in [2.05, 4.69) is 4.74 Å². The van der Waals surface area contributed by atoms with Crippen molar-refractivity contribution in [3.8, 4) is 0 Å². The number of benzene rings is 1. The van der Waals surface area contributed by atoms with E-state index in [1.807, 2.05) is 30.3 Å². The van der Waals surface area contributed by atoms with Crippen molar-refractivity contribution in [2.75, 3.05) is 0 Å². The third kappa shape index (κ3) is 4.88. The molecule has 0 aliphatic carbocycles. The summed E-state index contributed by atoms with van der Waals surface area (Å²) < 4.78 is 28.6. The average molecular weight is 214 g/mol. The first-order chi connectivity index (χ1) is 6.99. The molecule has 0 aromatic heterocycles. The normalized spacial score (nSPS) is 12.1. The van der Waals surface area contributed by atoms with Crippen LogP contribution >= 0.6 is 0 Å². The van der Waals surface area contributed by atoms with Crippen molar-refractivity contribution in [2.45, 2.75) is 38.9 Å². The van der Waals surface area contributed by atoms with Gasteiger partial charge in [-0.15, -0.1) is 0 Å². The molecule has 0 aliphatic heterocycles. The molecular weight excluding hydrogens is 198 g/mol. The first-order valence-electron chi connectivity index (χ1n) is 4.99. The van der Waals surface area contributed by atoms with E-state index in [1.165, 1.54) is 0 Å². The Labute approximate surface area is 89.1 Å². The van der Waals surface area contributed by atoms with Crippen LogP contribution in [0.4, 0.5) is 8.78 Å². The van der Waals surface area contributed by atoms with Gasteiger partial charge in [0.05, 0.1) is 5.60 Å². The van der Waals surface area contributed by atoms with Crippen LogP contribution < -0.4 is 0 Å². The highest BCUT2D eigenvalue weighted by molar-refractivity contribution is 5.14. The van der Waals surface area contributed by atoms with Gasteiger partial charge < -0.3 is 4.74 Å². The van der Waals surface area contributed by atoms with Gasteiger partial charge in [0.25, 0.3) is 0 Å². The molecule has 1 aromatic carbocycles. The summed E-state index contributed by atoms with van der Waals surface area (Å²) in [5, 5.41) is 0. The second-order valence-corrected chi connectivity index (χ2v) is 4.12. The van der Waals surface area contributed by atoms with Gasteiger partial charge in [0.15, 0.2) is 0 Å². The lowest BCUT2D eigenvalue weighted by molar-refractivity contribution is -0.198. The van der Waals surface area contributed by atoms with E-state index < -0.39 is 12.2 Å². The van der Waals surface area contributed by atoms with E-state index in [0.29, 0.717) is 6.42 Å². The highest BCUT2D eigenvalue weighted by Crippen LogP contribution is 2.20. The molecule has 0 aliphatic rings. The van der Waals surface area contributed by atoms with Gasteiger partial charge in [0.1, 0.15) is 0 Å². The minimum atomic E-state index is -2.70. The lowest BCUT2D eigenvalue weighted by atomic mass is 9.99. The van der Waals surface area contributed by atoms with Crippen LogP contribution in [-0.2, 0) is 11.2 Å². The van der Waals surface area contributed by atoms with Crippen LogP contribution in [0.25, 0.3) is 0 Å². The summed E-state index contributed by atoms with van der Waals surface area (Å²) in [5.74, 6) is 0. The Kier molecular flexibility index (Phi) is 4.21. The number of hydrogen-bond donors (Lipinski definition) is 0. The summed E-state index contributed by atoms with van der Waals surface area (Å²) in [6, 6.07) is 9.79. The number of rotatable bonds is 5. The van der Waals surface area contributed by atoms with Gasteiger partial charge in [-0.2, -0.15) is 8.78 Å². The molecule has 0 amide bonds. The van der Waals surface area contributed by atoms with Gasteiger partial charge in [0, 0.05) is 0 Å². The molecule has 0 atom stereocenters. The van der Waals surface area contributed by atoms with Crippen molar-refractivity contribution in [1.29, 1.82) is 0 Å². The lowest BCUT2D eigenvalue weighted by Gasteiger charge is -2.24. The number of hydrogen-bond acceptors (Lipinski definition) is 1. The maximum Gasteiger partial charge on any atom is 0.345 e. The zero-order valence-corrected chi connectivity index (χ0v) is 9.04. The number of aryl methyl sites for hydroxylation is 1. The summed E-state index contributed by atoms with van der Waals surface area (Å²) in [5.41, 5.74) is 0.368. The SMILES string of the molecule is CC(C)(CCc1ccccc1)OC(F)F. The molecule has 0 heterocycles. The van der Waals surface area contributed by atoms with Crippen LogP contribution in [0, 0.1) is 0 Å². The summed E-state index contributed by atoms with van der Waals surface area (Å²) >= 11 is 0. The van der Waals surface area contributed by atoms with Crippen molar-refractivity contribution in [3.63, 3.8) is 0 Å². The minimum Gasteiger partial charge on any atom is -0.317 e. The van der Waals surface area contributed by atoms with Crippen molar-refractivity contribution >= 4 is 0 Å². The molecule has 3 heteroatoms. The molecule has 0 bridgehead atoms. The Morgan fingerprint density at radius 2 is 1.80 bits per heavy atom. The molecule has 84 valence electrons. The summed E-state index contributed by atoms with van der Waals surface area (Å²) in [4.78, 5) is 0. The van der Waals surface area contributed by atoms with Crippen molar-refractivity contribution in [2.24, 2.45) is 0 Å². The van der Waals surface area contributed by atoms with Gasteiger partial charge in [-0.25, -0.2) is 0 Å². The fraction of sp³-hybridized carbons (Fsp3) is 0.500. The van der Waals surface area contributed by atoms with Gasteiger partial charge in [-0.05, 0) is 32.3 Å². The second kappa shape index (κ2) is 5.21. The predicted molar refractivity (Wildman–Crippen MR) is 55.9 cm³/mol. The van der Waals surface area contributed by atoms with Crippen LogP contribution in [0.3, 0.4) is 0 Å². The molecular formula is C12H16F2O. The van der Waals surface area contributed by atoms with Crippen LogP contribution in [0.2, 0.25) is 0 Å². The molecule has 0 fully saturated rings. The molecule has 1 aromatic rings. The Morgan fingerprint density at radius 3 is 2.33 bits per heavy atom. The van der Waals surface area contributed by atoms with Crippen LogP contribution in [0.5, 0.6) is 0 Å². The number of alkyl halides is 2. The molecule has 15 heavy (non-hydrogen) atoms. The highest BCUT2D eigenvalue weighted by Gasteiger charge is 2.22. The van der Waals surface area contributed by atoms with Gasteiger partial charge in [-0.3, -0.25) is 0 Å².